The molecule has 0 unspecified atom stereocenters. The second-order valence-electron chi connectivity index (χ2n) is 6.15. The molecule has 3 aromatic rings. The van der Waals surface area contributed by atoms with E-state index in [1.807, 2.05) is 31.2 Å². The van der Waals surface area contributed by atoms with Gasteiger partial charge in [-0.1, -0.05) is 29.8 Å². The normalized spacial score (nSPS) is 11.0. The standard InChI is InChI=1S/C18H20N4O3/c1-12-5-4-6-13(9-12)10-19-15(23)11-22-8-7-14-16(22)20(2)18(25)21(3)17(14)24/h4-9H,10-11H2,1-3H3,(H,19,23). The van der Waals surface area contributed by atoms with Crippen LogP contribution in [0.1, 0.15) is 11.1 Å². The van der Waals surface area contributed by atoms with Gasteiger partial charge in [0.15, 0.2) is 0 Å². The average molecular weight is 340 g/mol. The van der Waals surface area contributed by atoms with Crippen LogP contribution in [0.2, 0.25) is 0 Å². The number of hydrogen-bond donors (Lipinski definition) is 1. The number of hydrogen-bond acceptors (Lipinski definition) is 3. The second-order valence-corrected chi connectivity index (χ2v) is 6.15. The van der Waals surface area contributed by atoms with Crippen molar-refractivity contribution >= 4 is 16.9 Å². The SMILES string of the molecule is Cc1cccc(CNC(=O)Cn2ccc3c(=O)n(C)c(=O)n(C)c32)c1. The van der Waals surface area contributed by atoms with Crippen molar-refractivity contribution in [3.63, 3.8) is 0 Å². The fourth-order valence-electron chi connectivity index (χ4n) is 2.95. The third-order valence-electron chi connectivity index (χ3n) is 4.25. The van der Waals surface area contributed by atoms with Crippen LogP contribution in [0.5, 0.6) is 0 Å². The lowest BCUT2D eigenvalue weighted by atomic mass is 10.1. The van der Waals surface area contributed by atoms with Gasteiger partial charge in [-0.05, 0) is 18.6 Å². The molecule has 25 heavy (non-hydrogen) atoms. The summed E-state index contributed by atoms with van der Waals surface area (Å²) in [7, 11) is 3.03. The Balaban J connectivity index is 1.82. The third-order valence-corrected chi connectivity index (χ3v) is 4.25. The monoisotopic (exact) mass is 340 g/mol. The highest BCUT2D eigenvalue weighted by atomic mass is 16.2. The largest absolute Gasteiger partial charge is 0.350 e. The summed E-state index contributed by atoms with van der Waals surface area (Å²) < 4.78 is 4.05. The summed E-state index contributed by atoms with van der Waals surface area (Å²) in [4.78, 5) is 36.5. The lowest BCUT2D eigenvalue weighted by Crippen LogP contribution is -2.37. The zero-order chi connectivity index (χ0) is 18.1. The lowest BCUT2D eigenvalue weighted by molar-refractivity contribution is -0.121. The Hall–Kier alpha value is -3.09. The van der Waals surface area contributed by atoms with Gasteiger partial charge in [-0.3, -0.25) is 18.7 Å². The Morgan fingerprint density at radius 1 is 1.12 bits per heavy atom. The third kappa shape index (κ3) is 3.13. The first kappa shape index (κ1) is 16.8. The van der Waals surface area contributed by atoms with Crippen molar-refractivity contribution < 1.29 is 4.79 Å². The molecule has 0 aliphatic carbocycles. The van der Waals surface area contributed by atoms with E-state index < -0.39 is 5.69 Å². The number of benzene rings is 1. The minimum absolute atomic E-state index is 0.0375. The first-order valence-corrected chi connectivity index (χ1v) is 7.95. The summed E-state index contributed by atoms with van der Waals surface area (Å²) >= 11 is 0. The highest BCUT2D eigenvalue weighted by molar-refractivity contribution is 5.80. The number of amides is 1. The maximum Gasteiger partial charge on any atom is 0.332 e. The molecule has 130 valence electrons. The first-order valence-electron chi connectivity index (χ1n) is 7.95. The van der Waals surface area contributed by atoms with Crippen LogP contribution >= 0.6 is 0 Å². The summed E-state index contributed by atoms with van der Waals surface area (Å²) in [6.45, 7) is 2.47. The minimum atomic E-state index is -0.419. The maximum atomic E-state index is 12.3. The van der Waals surface area contributed by atoms with Gasteiger partial charge in [0.25, 0.3) is 5.56 Å². The van der Waals surface area contributed by atoms with E-state index in [4.69, 9.17) is 0 Å². The van der Waals surface area contributed by atoms with Gasteiger partial charge in [-0.15, -0.1) is 0 Å². The molecule has 1 amide bonds. The molecule has 0 saturated heterocycles. The summed E-state index contributed by atoms with van der Waals surface area (Å²) in [5, 5.41) is 3.27. The number of fused-ring (bicyclic) bond motifs is 1. The highest BCUT2D eigenvalue weighted by Crippen LogP contribution is 2.09. The predicted molar refractivity (Wildman–Crippen MR) is 95.4 cm³/mol. The van der Waals surface area contributed by atoms with Crippen molar-refractivity contribution in [1.29, 1.82) is 0 Å². The summed E-state index contributed by atoms with van der Waals surface area (Å²) in [6, 6.07) is 9.54. The van der Waals surface area contributed by atoms with Gasteiger partial charge < -0.3 is 9.88 Å². The molecule has 0 fully saturated rings. The van der Waals surface area contributed by atoms with Crippen LogP contribution in [0.15, 0.2) is 46.1 Å². The van der Waals surface area contributed by atoms with E-state index in [2.05, 4.69) is 5.32 Å². The molecule has 7 heteroatoms. The Morgan fingerprint density at radius 2 is 1.88 bits per heavy atom. The van der Waals surface area contributed by atoms with Crippen LogP contribution in [0.4, 0.5) is 0 Å². The van der Waals surface area contributed by atoms with Crippen LogP contribution in [-0.2, 0) is 32.0 Å². The zero-order valence-corrected chi connectivity index (χ0v) is 14.4. The van der Waals surface area contributed by atoms with Crippen molar-refractivity contribution in [3.8, 4) is 0 Å². The van der Waals surface area contributed by atoms with Crippen molar-refractivity contribution in [3.05, 3.63) is 68.5 Å². The van der Waals surface area contributed by atoms with Gasteiger partial charge in [0.1, 0.15) is 12.2 Å². The van der Waals surface area contributed by atoms with Crippen LogP contribution in [0.25, 0.3) is 11.0 Å². The smallest absolute Gasteiger partial charge is 0.332 e. The Morgan fingerprint density at radius 3 is 2.60 bits per heavy atom. The topological polar surface area (TPSA) is 78.0 Å². The van der Waals surface area contributed by atoms with Gasteiger partial charge in [0.2, 0.25) is 5.91 Å². The van der Waals surface area contributed by atoms with E-state index in [1.54, 1.807) is 23.9 Å². The first-order chi connectivity index (χ1) is 11.9. The molecule has 0 spiro atoms. The molecule has 0 saturated carbocycles. The van der Waals surface area contributed by atoms with Crippen molar-refractivity contribution in [2.75, 3.05) is 0 Å². The molecule has 0 bridgehead atoms. The summed E-state index contributed by atoms with van der Waals surface area (Å²) in [5.74, 6) is -0.188. The van der Waals surface area contributed by atoms with Gasteiger partial charge in [-0.25, -0.2) is 4.79 Å². The molecule has 3 rings (SSSR count). The number of carbonyl (C=O) groups is 1. The Bertz CT molecular complexity index is 1070. The lowest BCUT2D eigenvalue weighted by Gasteiger charge is -2.10. The van der Waals surface area contributed by atoms with Gasteiger partial charge in [-0.2, -0.15) is 0 Å². The van der Waals surface area contributed by atoms with E-state index in [1.165, 1.54) is 11.6 Å². The number of carbonyl (C=O) groups excluding carboxylic acids is 1. The molecule has 2 heterocycles. The molecule has 7 nitrogen and oxygen atoms in total. The molecule has 0 radical (unpaired) electrons. The number of aromatic nitrogens is 3. The molecule has 2 aromatic heterocycles. The van der Waals surface area contributed by atoms with Crippen LogP contribution in [0.3, 0.4) is 0 Å². The van der Waals surface area contributed by atoms with Gasteiger partial charge >= 0.3 is 5.69 Å². The maximum absolute atomic E-state index is 12.3. The molecular weight excluding hydrogens is 320 g/mol. The van der Waals surface area contributed by atoms with E-state index >= 15 is 0 Å². The number of aryl methyl sites for hydroxylation is 2. The van der Waals surface area contributed by atoms with Crippen LogP contribution in [0, 0.1) is 6.92 Å². The molecule has 1 aromatic carbocycles. The number of nitrogens with zero attached hydrogens (tertiary/aromatic N) is 3. The van der Waals surface area contributed by atoms with E-state index in [0.29, 0.717) is 17.6 Å². The average Bonchev–Trinajstić information content (AvgIpc) is 3.00. The van der Waals surface area contributed by atoms with Crippen LogP contribution in [-0.4, -0.2) is 19.6 Å². The Labute approximate surface area is 144 Å². The molecule has 0 aliphatic heterocycles. The van der Waals surface area contributed by atoms with Crippen molar-refractivity contribution in [1.82, 2.24) is 19.0 Å². The van der Waals surface area contributed by atoms with Crippen LogP contribution < -0.4 is 16.6 Å². The molecular formula is C18H20N4O3. The van der Waals surface area contributed by atoms with E-state index in [9.17, 15) is 14.4 Å². The Kier molecular flexibility index (Phi) is 4.31. The van der Waals surface area contributed by atoms with Gasteiger partial charge in [0, 0.05) is 26.8 Å². The van der Waals surface area contributed by atoms with E-state index in [0.717, 1.165) is 15.7 Å². The zero-order valence-electron chi connectivity index (χ0n) is 14.4. The minimum Gasteiger partial charge on any atom is -0.350 e. The predicted octanol–water partition coefficient (Wildman–Crippen LogP) is 0.664. The fraction of sp³-hybridized carbons (Fsp3) is 0.278. The summed E-state index contributed by atoms with van der Waals surface area (Å²) in [6.07, 6.45) is 1.65. The van der Waals surface area contributed by atoms with Gasteiger partial charge in [0.05, 0.1) is 5.39 Å². The van der Waals surface area contributed by atoms with Crippen molar-refractivity contribution in [2.24, 2.45) is 14.1 Å². The second kappa shape index (κ2) is 6.43. The van der Waals surface area contributed by atoms with E-state index in [-0.39, 0.29) is 18.0 Å². The fourth-order valence-corrected chi connectivity index (χ4v) is 2.95. The molecule has 1 N–H and O–H groups in total. The highest BCUT2D eigenvalue weighted by Gasteiger charge is 2.14. The number of rotatable bonds is 4. The number of nitrogens with one attached hydrogen (secondary N) is 1. The molecule has 0 aliphatic rings. The summed E-state index contributed by atoms with van der Waals surface area (Å²) in [5.41, 5.74) is 1.81. The molecule has 0 atom stereocenters. The van der Waals surface area contributed by atoms with Crippen molar-refractivity contribution in [2.45, 2.75) is 20.0 Å². The quantitative estimate of drug-likeness (QED) is 0.758.